The smallest absolute Gasteiger partial charge is 0.309 e. The highest BCUT2D eigenvalue weighted by atomic mass is 16.6. The summed E-state index contributed by atoms with van der Waals surface area (Å²) in [7, 11) is 0. The quantitative estimate of drug-likeness (QED) is 0.0351. The highest BCUT2D eigenvalue weighted by Gasteiger charge is 2.17. The summed E-state index contributed by atoms with van der Waals surface area (Å²) in [5.74, 6) is -0.556. The Labute approximate surface area is 346 Å². The van der Waals surface area contributed by atoms with Crippen LogP contribution in [0.4, 0.5) is 0 Å². The molecule has 0 N–H and O–H groups in total. The lowest BCUT2D eigenvalue weighted by molar-refractivity contribution is -0.162. The fourth-order valence-electron chi connectivity index (χ4n) is 6.02. The average Bonchev–Trinajstić information content (AvgIpc) is 3.20. The fourth-order valence-corrected chi connectivity index (χ4v) is 6.02. The third-order valence-corrected chi connectivity index (χ3v) is 9.45. The summed E-state index contributed by atoms with van der Waals surface area (Å²) in [6, 6.07) is 0. The van der Waals surface area contributed by atoms with Gasteiger partial charge in [0.1, 0.15) is 6.61 Å². The molecule has 0 spiro atoms. The molecule has 0 heterocycles. The zero-order chi connectivity index (χ0) is 40.7. The van der Waals surface area contributed by atoms with Crippen LogP contribution in [0.15, 0.2) is 85.1 Å². The molecule has 0 amide bonds. The maximum Gasteiger partial charge on any atom is 0.309 e. The van der Waals surface area contributed by atoms with Crippen molar-refractivity contribution in [2.75, 3.05) is 19.8 Å². The van der Waals surface area contributed by atoms with Gasteiger partial charge in [-0.25, -0.2) is 0 Å². The molecule has 0 saturated carbocycles. The lowest BCUT2D eigenvalue weighted by atomic mass is 10.1. The van der Waals surface area contributed by atoms with Gasteiger partial charge in [0.05, 0.1) is 13.0 Å². The van der Waals surface area contributed by atoms with Gasteiger partial charge in [-0.2, -0.15) is 0 Å². The van der Waals surface area contributed by atoms with Crippen molar-refractivity contribution in [2.45, 2.75) is 207 Å². The Morgan fingerprint density at radius 1 is 0.429 bits per heavy atom. The third-order valence-electron chi connectivity index (χ3n) is 9.45. The molecule has 0 aliphatic carbocycles. The highest BCUT2D eigenvalue weighted by molar-refractivity contribution is 5.71. The van der Waals surface area contributed by atoms with Crippen molar-refractivity contribution in [3.8, 4) is 0 Å². The number of allylic oxidation sites excluding steroid dienone is 13. The van der Waals surface area contributed by atoms with Crippen molar-refractivity contribution < 1.29 is 23.8 Å². The van der Waals surface area contributed by atoms with Gasteiger partial charge in [-0.05, 0) is 77.0 Å². The molecule has 1 unspecified atom stereocenters. The standard InChI is InChI=1S/C51H86O5/c1-4-7-10-13-16-18-20-22-24-25-26-28-30-32-34-37-40-43-46-54-47-49(56-51(53)45-42-39-35-15-12-9-6-3)48-55-50(52)44-41-38-36-33-31-29-27-23-21-19-17-14-11-8-5-2/h8,11,16-19,22-24,27,31,33,38,41,49H,4-7,9-10,12-15,20-21,25-26,28-30,32,34-37,39-40,42-48H2,1-3H3/b11-8-,18-16-,19-17-,24-22-,27-23-,33-31-,41-38-. The lowest BCUT2D eigenvalue weighted by Gasteiger charge is -2.18. The summed E-state index contributed by atoms with van der Waals surface area (Å²) in [6.45, 7) is 7.52. The van der Waals surface area contributed by atoms with E-state index in [0.717, 1.165) is 70.6 Å². The molecule has 320 valence electrons. The van der Waals surface area contributed by atoms with Crippen LogP contribution < -0.4 is 0 Å². The summed E-state index contributed by atoms with van der Waals surface area (Å²) in [5.41, 5.74) is 0. The first-order chi connectivity index (χ1) is 27.6. The van der Waals surface area contributed by atoms with Crippen LogP contribution in [0.2, 0.25) is 0 Å². The maximum atomic E-state index is 12.6. The molecule has 0 fully saturated rings. The van der Waals surface area contributed by atoms with Gasteiger partial charge in [0.25, 0.3) is 0 Å². The number of rotatable bonds is 41. The van der Waals surface area contributed by atoms with Crippen molar-refractivity contribution >= 4 is 11.9 Å². The zero-order valence-electron chi connectivity index (χ0n) is 36.6. The molecule has 0 rings (SSSR count). The predicted octanol–water partition coefficient (Wildman–Crippen LogP) is 15.3. The third kappa shape index (κ3) is 43.8. The minimum absolute atomic E-state index is 0.0261. The van der Waals surface area contributed by atoms with Gasteiger partial charge in [0.15, 0.2) is 6.10 Å². The van der Waals surface area contributed by atoms with Crippen molar-refractivity contribution in [3.05, 3.63) is 85.1 Å². The molecule has 0 bridgehead atoms. The monoisotopic (exact) mass is 779 g/mol. The summed E-state index contributed by atoms with van der Waals surface area (Å²) in [5, 5.41) is 0. The van der Waals surface area contributed by atoms with Crippen LogP contribution >= 0.6 is 0 Å². The van der Waals surface area contributed by atoms with E-state index in [4.69, 9.17) is 14.2 Å². The molecule has 5 heteroatoms. The molecular weight excluding hydrogens is 693 g/mol. The fraction of sp³-hybridized carbons (Fsp3) is 0.686. The van der Waals surface area contributed by atoms with E-state index in [2.05, 4.69) is 93.7 Å². The molecular formula is C51H86O5. The van der Waals surface area contributed by atoms with E-state index in [1.165, 1.54) is 96.3 Å². The molecule has 0 aromatic carbocycles. The van der Waals surface area contributed by atoms with Gasteiger partial charge in [-0.15, -0.1) is 0 Å². The van der Waals surface area contributed by atoms with E-state index < -0.39 is 6.10 Å². The predicted molar refractivity (Wildman–Crippen MR) is 242 cm³/mol. The van der Waals surface area contributed by atoms with Crippen LogP contribution in [0.1, 0.15) is 201 Å². The van der Waals surface area contributed by atoms with E-state index in [-0.39, 0.29) is 31.6 Å². The van der Waals surface area contributed by atoms with Crippen molar-refractivity contribution in [3.63, 3.8) is 0 Å². The van der Waals surface area contributed by atoms with E-state index >= 15 is 0 Å². The Balaban J connectivity index is 4.27. The first kappa shape index (κ1) is 53.1. The Hall–Kier alpha value is -2.92. The zero-order valence-corrected chi connectivity index (χ0v) is 36.6. The molecule has 0 aromatic rings. The second kappa shape index (κ2) is 46.5. The largest absolute Gasteiger partial charge is 0.461 e. The number of hydrogen-bond acceptors (Lipinski definition) is 5. The number of hydrogen-bond donors (Lipinski definition) is 0. The first-order valence-electron chi connectivity index (χ1n) is 23.1. The van der Waals surface area contributed by atoms with Gasteiger partial charge in [0.2, 0.25) is 0 Å². The van der Waals surface area contributed by atoms with Crippen molar-refractivity contribution in [2.24, 2.45) is 0 Å². The normalized spacial score (nSPS) is 13.0. The van der Waals surface area contributed by atoms with Gasteiger partial charge in [0, 0.05) is 13.0 Å². The Morgan fingerprint density at radius 2 is 0.857 bits per heavy atom. The summed E-state index contributed by atoms with van der Waals surface area (Å²) < 4.78 is 17.2. The van der Waals surface area contributed by atoms with Crippen LogP contribution in [0.3, 0.4) is 0 Å². The molecule has 0 aliphatic rings. The highest BCUT2D eigenvalue weighted by Crippen LogP contribution is 2.12. The first-order valence-corrected chi connectivity index (χ1v) is 23.1. The van der Waals surface area contributed by atoms with Crippen LogP contribution in [0.5, 0.6) is 0 Å². The van der Waals surface area contributed by atoms with Crippen molar-refractivity contribution in [1.82, 2.24) is 0 Å². The minimum Gasteiger partial charge on any atom is -0.461 e. The SMILES string of the molecule is CC/C=C\C/C=C\C/C=C\C/C=C\C/C=C\CC(=O)OCC(COCCCCCCCCCC/C=C\C/C=C\CCCCC)OC(=O)CCCCCCCCC. The van der Waals surface area contributed by atoms with Gasteiger partial charge in [-0.1, -0.05) is 196 Å². The number of esters is 2. The topological polar surface area (TPSA) is 61.8 Å². The molecule has 0 radical (unpaired) electrons. The van der Waals surface area contributed by atoms with E-state index in [1.54, 1.807) is 0 Å². The molecule has 5 nitrogen and oxygen atoms in total. The van der Waals surface area contributed by atoms with Crippen LogP contribution in [0, 0.1) is 0 Å². The van der Waals surface area contributed by atoms with Crippen LogP contribution in [-0.4, -0.2) is 37.9 Å². The minimum atomic E-state index is -0.578. The summed E-state index contributed by atoms with van der Waals surface area (Å²) in [6.07, 6.45) is 60.5. The van der Waals surface area contributed by atoms with E-state index in [9.17, 15) is 9.59 Å². The maximum absolute atomic E-state index is 12.6. The van der Waals surface area contributed by atoms with Gasteiger partial charge in [-0.3, -0.25) is 9.59 Å². The average molecular weight is 779 g/mol. The second-order valence-electron chi connectivity index (χ2n) is 14.9. The van der Waals surface area contributed by atoms with Crippen LogP contribution in [0.25, 0.3) is 0 Å². The molecule has 0 aromatic heterocycles. The molecule has 0 aliphatic heterocycles. The number of unbranched alkanes of at least 4 members (excludes halogenated alkanes) is 17. The van der Waals surface area contributed by atoms with Gasteiger partial charge < -0.3 is 14.2 Å². The van der Waals surface area contributed by atoms with Gasteiger partial charge >= 0.3 is 11.9 Å². The lowest BCUT2D eigenvalue weighted by Crippen LogP contribution is -2.30. The summed E-state index contributed by atoms with van der Waals surface area (Å²) in [4.78, 5) is 25.1. The Kier molecular flexibility index (Phi) is 44.0. The molecule has 56 heavy (non-hydrogen) atoms. The second-order valence-corrected chi connectivity index (χ2v) is 14.9. The molecule has 1 atom stereocenters. The number of ether oxygens (including phenoxy) is 3. The molecule has 0 saturated heterocycles. The van der Waals surface area contributed by atoms with Crippen molar-refractivity contribution in [1.29, 1.82) is 0 Å². The Bertz CT molecular complexity index is 1060. The van der Waals surface area contributed by atoms with E-state index in [1.807, 2.05) is 12.2 Å². The number of carbonyl (C=O) groups is 2. The number of carbonyl (C=O) groups excluding carboxylic acids is 2. The van der Waals surface area contributed by atoms with Crippen LogP contribution in [-0.2, 0) is 23.8 Å². The van der Waals surface area contributed by atoms with E-state index in [0.29, 0.717) is 13.0 Å². The summed E-state index contributed by atoms with van der Waals surface area (Å²) >= 11 is 0. The Morgan fingerprint density at radius 3 is 1.41 bits per heavy atom.